The van der Waals surface area contributed by atoms with E-state index in [0.717, 1.165) is 18.4 Å². The first-order chi connectivity index (χ1) is 19.5. The molecule has 0 bridgehead atoms. The molecule has 0 saturated carbocycles. The highest BCUT2D eigenvalue weighted by Gasteiger charge is 2.27. The zero-order valence-corrected chi connectivity index (χ0v) is 26.2. The van der Waals surface area contributed by atoms with Crippen LogP contribution >= 0.6 is 0 Å². The van der Waals surface area contributed by atoms with E-state index in [2.05, 4.69) is 19.2 Å². The Morgan fingerprint density at radius 3 is 2.46 bits per heavy atom. The van der Waals surface area contributed by atoms with Crippen molar-refractivity contribution in [3.8, 4) is 11.5 Å². The quantitative estimate of drug-likeness (QED) is 0.202. The van der Waals surface area contributed by atoms with Crippen LogP contribution in [0.2, 0.25) is 0 Å². The third-order valence-corrected chi connectivity index (χ3v) is 9.43. The van der Waals surface area contributed by atoms with E-state index in [0.29, 0.717) is 63.4 Å². The molecule has 0 aliphatic carbocycles. The number of amides is 1. The monoisotopic (exact) mass is 601 g/mol. The van der Waals surface area contributed by atoms with Crippen LogP contribution in [0.1, 0.15) is 45.6 Å². The molecule has 1 aliphatic heterocycles. The second kappa shape index (κ2) is 17.9. The van der Waals surface area contributed by atoms with E-state index in [1.54, 1.807) is 21.1 Å². The number of hydrogen-bond acceptors (Lipinski definition) is 9. The number of carbonyl (C=O) groups excluding carboxylic acids is 1. The summed E-state index contributed by atoms with van der Waals surface area (Å²) in [6.45, 7) is 8.56. The van der Waals surface area contributed by atoms with Crippen LogP contribution in [0.15, 0.2) is 18.2 Å². The first kappa shape index (κ1) is 35.2. The highest BCUT2D eigenvalue weighted by atomic mass is 32.2. The molecule has 12 heteroatoms. The second-order valence-corrected chi connectivity index (χ2v) is 13.2. The molecule has 4 N–H and O–H groups in total. The molecule has 0 aromatic heterocycles. The fraction of sp³-hybridized carbons (Fsp3) is 0.759. The fourth-order valence-electron chi connectivity index (χ4n) is 4.82. The molecule has 0 radical (unpaired) electrons. The zero-order chi connectivity index (χ0) is 30.4. The van der Waals surface area contributed by atoms with Crippen LogP contribution in [0, 0.1) is 17.8 Å². The number of benzene rings is 1. The summed E-state index contributed by atoms with van der Waals surface area (Å²) in [5.41, 5.74) is 7.52. The molecule has 1 amide bonds. The van der Waals surface area contributed by atoms with E-state index in [1.807, 2.05) is 18.2 Å². The molecule has 41 heavy (non-hydrogen) atoms. The molecule has 1 aliphatic rings. The van der Waals surface area contributed by atoms with Crippen LogP contribution < -0.4 is 20.5 Å². The Morgan fingerprint density at radius 2 is 1.83 bits per heavy atom. The second-order valence-electron chi connectivity index (χ2n) is 11.1. The van der Waals surface area contributed by atoms with Gasteiger partial charge in [-0.05, 0) is 48.8 Å². The lowest BCUT2D eigenvalue weighted by Gasteiger charge is -2.28. The van der Waals surface area contributed by atoms with Crippen LogP contribution in [-0.2, 0) is 30.7 Å². The number of hydrogen-bond donors (Lipinski definition) is 3. The van der Waals surface area contributed by atoms with E-state index in [1.165, 1.54) is 4.31 Å². The summed E-state index contributed by atoms with van der Waals surface area (Å²) >= 11 is 0. The SMILES string of the molecule is COCCCOc1cc(C[C@@H](C[C@H](N)[C@@H](O)C[C@@H](C)C(=O)NCCS(=O)(=O)N2CCOCC2)C(C)C)ccc1OC. The van der Waals surface area contributed by atoms with Crippen molar-refractivity contribution < 1.29 is 37.3 Å². The molecular formula is C29H51N3O8S. The number of rotatable bonds is 19. The van der Waals surface area contributed by atoms with Gasteiger partial charge in [-0.25, -0.2) is 8.42 Å². The Morgan fingerprint density at radius 1 is 1.12 bits per heavy atom. The molecule has 1 fully saturated rings. The van der Waals surface area contributed by atoms with E-state index in [9.17, 15) is 18.3 Å². The first-order valence-electron chi connectivity index (χ1n) is 14.5. The zero-order valence-electron chi connectivity index (χ0n) is 25.3. The van der Waals surface area contributed by atoms with Crippen LogP contribution in [0.5, 0.6) is 11.5 Å². The lowest BCUT2D eigenvalue weighted by atomic mass is 9.82. The fourth-order valence-corrected chi connectivity index (χ4v) is 6.15. The van der Waals surface area contributed by atoms with Crippen molar-refractivity contribution >= 4 is 15.9 Å². The number of aliphatic hydroxyl groups is 1. The Kier molecular flexibility index (Phi) is 15.4. The molecular weight excluding hydrogens is 550 g/mol. The largest absolute Gasteiger partial charge is 0.493 e. The van der Waals surface area contributed by atoms with Gasteiger partial charge in [-0.1, -0.05) is 26.8 Å². The molecule has 0 spiro atoms. The maximum atomic E-state index is 12.6. The summed E-state index contributed by atoms with van der Waals surface area (Å²) < 4.78 is 48.0. The van der Waals surface area contributed by atoms with Crippen molar-refractivity contribution in [3.63, 3.8) is 0 Å². The van der Waals surface area contributed by atoms with Gasteiger partial charge in [0.15, 0.2) is 11.5 Å². The number of nitrogens with zero attached hydrogens (tertiary/aromatic N) is 1. The highest BCUT2D eigenvalue weighted by molar-refractivity contribution is 7.89. The van der Waals surface area contributed by atoms with Gasteiger partial charge in [0.25, 0.3) is 0 Å². The normalized spacial score (nSPS) is 17.6. The van der Waals surface area contributed by atoms with Gasteiger partial charge >= 0.3 is 0 Å². The molecule has 2 rings (SSSR count). The van der Waals surface area contributed by atoms with Crippen molar-refractivity contribution in [2.75, 3.05) is 66.0 Å². The van der Waals surface area contributed by atoms with E-state index >= 15 is 0 Å². The number of morpholine rings is 1. The molecule has 11 nitrogen and oxygen atoms in total. The number of nitrogens with one attached hydrogen (secondary N) is 1. The van der Waals surface area contributed by atoms with Crippen molar-refractivity contribution in [2.45, 2.75) is 58.6 Å². The molecule has 236 valence electrons. The van der Waals surface area contributed by atoms with Crippen molar-refractivity contribution in [1.82, 2.24) is 9.62 Å². The molecule has 4 atom stereocenters. The van der Waals surface area contributed by atoms with E-state index in [-0.39, 0.29) is 30.5 Å². The Balaban J connectivity index is 1.87. The number of sulfonamides is 1. The van der Waals surface area contributed by atoms with Gasteiger partial charge in [0.05, 0.1) is 38.8 Å². The average molecular weight is 602 g/mol. The number of ether oxygens (including phenoxy) is 4. The molecule has 1 heterocycles. The summed E-state index contributed by atoms with van der Waals surface area (Å²) in [6, 6.07) is 5.40. The van der Waals surface area contributed by atoms with Gasteiger partial charge in [-0.3, -0.25) is 4.79 Å². The van der Waals surface area contributed by atoms with Gasteiger partial charge in [0.2, 0.25) is 15.9 Å². The summed E-state index contributed by atoms with van der Waals surface area (Å²) in [7, 11) is -0.179. The van der Waals surface area contributed by atoms with Crippen LogP contribution in [0.3, 0.4) is 0 Å². The van der Waals surface area contributed by atoms with Gasteiger partial charge in [0.1, 0.15) is 0 Å². The number of methoxy groups -OCH3 is 2. The molecule has 1 aromatic carbocycles. The minimum absolute atomic E-state index is 0.0143. The lowest BCUT2D eigenvalue weighted by molar-refractivity contribution is -0.125. The summed E-state index contributed by atoms with van der Waals surface area (Å²) in [5, 5.41) is 13.5. The minimum atomic E-state index is -3.45. The predicted octanol–water partition coefficient (Wildman–Crippen LogP) is 1.81. The lowest BCUT2D eigenvalue weighted by Crippen LogP contribution is -2.44. The number of aliphatic hydroxyl groups excluding tert-OH is 1. The smallest absolute Gasteiger partial charge is 0.222 e. The number of carbonyl (C=O) groups is 1. The average Bonchev–Trinajstić information content (AvgIpc) is 2.95. The Labute approximate surface area is 246 Å². The summed E-state index contributed by atoms with van der Waals surface area (Å²) in [6.07, 6.45) is 1.43. The van der Waals surface area contributed by atoms with Crippen molar-refractivity contribution in [1.29, 1.82) is 0 Å². The van der Waals surface area contributed by atoms with E-state index < -0.39 is 28.1 Å². The topological polar surface area (TPSA) is 150 Å². The third kappa shape index (κ3) is 12.0. The van der Waals surface area contributed by atoms with Crippen LogP contribution in [0.25, 0.3) is 0 Å². The molecule has 0 unspecified atom stereocenters. The minimum Gasteiger partial charge on any atom is -0.493 e. The maximum absolute atomic E-state index is 12.6. The standard InChI is InChI=1S/C29H51N3O8S/c1-21(2)24(18-23-7-8-27(38-5)28(19-23)40-13-6-12-37-4)20-25(30)26(33)17-22(3)29(34)31-9-16-41(35,36)32-10-14-39-15-11-32/h7-8,19,21-22,24-26,33H,6,9-18,20,30H2,1-5H3,(H,31,34)/t22-,24+,25+,26+/m1/s1. The van der Waals surface area contributed by atoms with Crippen molar-refractivity contribution in [2.24, 2.45) is 23.5 Å². The Bertz CT molecular complexity index is 1020. The van der Waals surface area contributed by atoms with E-state index in [4.69, 9.17) is 24.7 Å². The van der Waals surface area contributed by atoms with Gasteiger partial charge in [-0.2, -0.15) is 4.31 Å². The predicted molar refractivity (Wildman–Crippen MR) is 159 cm³/mol. The van der Waals surface area contributed by atoms with Crippen LogP contribution in [0.4, 0.5) is 0 Å². The summed E-state index contributed by atoms with van der Waals surface area (Å²) in [4.78, 5) is 12.6. The highest BCUT2D eigenvalue weighted by Crippen LogP contribution is 2.31. The molecule has 1 saturated heterocycles. The van der Waals surface area contributed by atoms with Crippen LogP contribution in [-0.4, -0.2) is 102 Å². The van der Waals surface area contributed by atoms with Gasteiger partial charge in [-0.15, -0.1) is 0 Å². The van der Waals surface area contributed by atoms with Crippen molar-refractivity contribution in [3.05, 3.63) is 23.8 Å². The maximum Gasteiger partial charge on any atom is 0.222 e. The molecule has 1 aromatic rings. The third-order valence-electron chi connectivity index (χ3n) is 7.55. The van der Waals surface area contributed by atoms with Gasteiger partial charge in [0, 0.05) is 51.7 Å². The Hall–Kier alpha value is -1.96. The first-order valence-corrected chi connectivity index (χ1v) is 16.1. The van der Waals surface area contributed by atoms with Gasteiger partial charge < -0.3 is 35.1 Å². The summed E-state index contributed by atoms with van der Waals surface area (Å²) in [5.74, 6) is 0.883. The number of nitrogens with two attached hydrogens (primary N) is 1.